The van der Waals surface area contributed by atoms with Crippen molar-refractivity contribution in [2.75, 3.05) is 7.05 Å². The van der Waals surface area contributed by atoms with Gasteiger partial charge in [0.05, 0.1) is 5.92 Å². The average molecular weight is 274 g/mol. The zero-order chi connectivity index (χ0) is 14.4. The maximum absolute atomic E-state index is 12.5. The SMILES string of the molecule is CCC(C(=O)NC1CCC(NC)CC1)c1ccccc1. The molecule has 1 unspecified atom stereocenters. The Bertz CT molecular complexity index is 410. The molecule has 0 radical (unpaired) electrons. The van der Waals surface area contributed by atoms with Crippen LogP contribution in [0.2, 0.25) is 0 Å². The van der Waals surface area contributed by atoms with Gasteiger partial charge in [0.2, 0.25) is 5.91 Å². The Morgan fingerprint density at radius 1 is 1.15 bits per heavy atom. The molecule has 1 atom stereocenters. The first-order valence-electron chi connectivity index (χ1n) is 7.77. The summed E-state index contributed by atoms with van der Waals surface area (Å²) >= 11 is 0. The highest BCUT2D eigenvalue weighted by molar-refractivity contribution is 5.83. The molecule has 1 aromatic rings. The molecule has 1 aromatic carbocycles. The van der Waals surface area contributed by atoms with Crippen molar-refractivity contribution in [3.05, 3.63) is 35.9 Å². The van der Waals surface area contributed by atoms with Crippen LogP contribution in [-0.4, -0.2) is 25.0 Å². The van der Waals surface area contributed by atoms with E-state index in [1.165, 1.54) is 0 Å². The van der Waals surface area contributed by atoms with Gasteiger partial charge >= 0.3 is 0 Å². The van der Waals surface area contributed by atoms with Crippen LogP contribution in [0.3, 0.4) is 0 Å². The molecule has 0 bridgehead atoms. The number of carbonyl (C=O) groups excluding carboxylic acids is 1. The van der Waals surface area contributed by atoms with E-state index in [0.29, 0.717) is 12.1 Å². The molecular weight excluding hydrogens is 248 g/mol. The number of hydrogen-bond donors (Lipinski definition) is 2. The lowest BCUT2D eigenvalue weighted by Crippen LogP contribution is -2.43. The Hall–Kier alpha value is -1.35. The highest BCUT2D eigenvalue weighted by Gasteiger charge is 2.24. The lowest BCUT2D eigenvalue weighted by atomic mass is 9.90. The van der Waals surface area contributed by atoms with Crippen molar-refractivity contribution in [2.24, 2.45) is 0 Å². The van der Waals surface area contributed by atoms with Crippen molar-refractivity contribution in [1.29, 1.82) is 0 Å². The lowest BCUT2D eigenvalue weighted by Gasteiger charge is -2.30. The number of nitrogens with one attached hydrogen (secondary N) is 2. The van der Waals surface area contributed by atoms with Crippen LogP contribution >= 0.6 is 0 Å². The van der Waals surface area contributed by atoms with Gasteiger partial charge in [-0.25, -0.2) is 0 Å². The van der Waals surface area contributed by atoms with Crippen LogP contribution in [0.15, 0.2) is 30.3 Å². The van der Waals surface area contributed by atoms with Crippen LogP contribution in [-0.2, 0) is 4.79 Å². The van der Waals surface area contributed by atoms with Crippen LogP contribution in [0, 0.1) is 0 Å². The number of amides is 1. The van der Waals surface area contributed by atoms with Crippen LogP contribution in [0.1, 0.15) is 50.5 Å². The molecule has 0 aliphatic heterocycles. The number of carbonyl (C=O) groups is 1. The quantitative estimate of drug-likeness (QED) is 0.867. The van der Waals surface area contributed by atoms with Gasteiger partial charge in [-0.05, 0) is 44.7 Å². The average Bonchev–Trinajstić information content (AvgIpc) is 2.50. The second-order valence-corrected chi connectivity index (χ2v) is 5.72. The van der Waals surface area contributed by atoms with E-state index in [4.69, 9.17) is 0 Å². The van der Waals surface area contributed by atoms with Gasteiger partial charge in [-0.3, -0.25) is 4.79 Å². The van der Waals surface area contributed by atoms with Crippen molar-refractivity contribution >= 4 is 5.91 Å². The fourth-order valence-corrected chi connectivity index (χ4v) is 3.09. The fourth-order valence-electron chi connectivity index (χ4n) is 3.09. The second kappa shape index (κ2) is 7.44. The van der Waals surface area contributed by atoms with Crippen molar-refractivity contribution in [1.82, 2.24) is 10.6 Å². The Morgan fingerprint density at radius 2 is 1.75 bits per heavy atom. The molecule has 3 nitrogen and oxygen atoms in total. The van der Waals surface area contributed by atoms with Gasteiger partial charge in [-0.2, -0.15) is 0 Å². The van der Waals surface area contributed by atoms with E-state index < -0.39 is 0 Å². The first kappa shape index (κ1) is 15.0. The Labute approximate surface area is 122 Å². The van der Waals surface area contributed by atoms with Gasteiger partial charge in [0, 0.05) is 12.1 Å². The Kier molecular flexibility index (Phi) is 5.60. The molecule has 2 rings (SSSR count). The van der Waals surface area contributed by atoms with Gasteiger partial charge in [0.1, 0.15) is 0 Å². The van der Waals surface area contributed by atoms with Crippen LogP contribution < -0.4 is 10.6 Å². The predicted octanol–water partition coefficient (Wildman–Crippen LogP) is 2.83. The molecule has 110 valence electrons. The monoisotopic (exact) mass is 274 g/mol. The molecule has 0 spiro atoms. The summed E-state index contributed by atoms with van der Waals surface area (Å²) in [6, 6.07) is 11.1. The first-order valence-corrected chi connectivity index (χ1v) is 7.77. The molecule has 20 heavy (non-hydrogen) atoms. The molecule has 0 heterocycles. The Morgan fingerprint density at radius 3 is 2.30 bits per heavy atom. The predicted molar refractivity (Wildman–Crippen MR) is 82.7 cm³/mol. The van der Waals surface area contributed by atoms with E-state index in [1.54, 1.807) is 0 Å². The van der Waals surface area contributed by atoms with E-state index in [2.05, 4.69) is 17.6 Å². The smallest absolute Gasteiger partial charge is 0.227 e. The molecule has 1 amide bonds. The van der Waals surface area contributed by atoms with Gasteiger partial charge in [0.15, 0.2) is 0 Å². The van der Waals surface area contributed by atoms with E-state index in [1.807, 2.05) is 37.4 Å². The van der Waals surface area contributed by atoms with Gasteiger partial charge < -0.3 is 10.6 Å². The summed E-state index contributed by atoms with van der Waals surface area (Å²) in [5, 5.41) is 6.57. The summed E-state index contributed by atoms with van der Waals surface area (Å²) in [4.78, 5) is 12.5. The number of hydrogen-bond acceptors (Lipinski definition) is 2. The Balaban J connectivity index is 1.90. The van der Waals surface area contributed by atoms with Crippen molar-refractivity contribution < 1.29 is 4.79 Å². The highest BCUT2D eigenvalue weighted by atomic mass is 16.1. The zero-order valence-electron chi connectivity index (χ0n) is 12.6. The minimum atomic E-state index is -0.0155. The molecule has 1 fully saturated rings. The van der Waals surface area contributed by atoms with E-state index >= 15 is 0 Å². The second-order valence-electron chi connectivity index (χ2n) is 5.72. The number of rotatable bonds is 5. The van der Waals surface area contributed by atoms with Crippen LogP contribution in [0.5, 0.6) is 0 Å². The minimum Gasteiger partial charge on any atom is -0.353 e. The third kappa shape index (κ3) is 3.83. The van der Waals surface area contributed by atoms with Crippen LogP contribution in [0.4, 0.5) is 0 Å². The molecular formula is C17H26N2O. The van der Waals surface area contributed by atoms with Crippen molar-refractivity contribution in [2.45, 2.75) is 57.0 Å². The standard InChI is InChI=1S/C17H26N2O/c1-3-16(13-7-5-4-6-8-13)17(20)19-15-11-9-14(18-2)10-12-15/h4-8,14-16,18H,3,9-12H2,1-2H3,(H,19,20). The third-order valence-corrected chi connectivity index (χ3v) is 4.41. The molecule has 0 aromatic heterocycles. The molecule has 1 aliphatic carbocycles. The van der Waals surface area contributed by atoms with E-state index in [9.17, 15) is 4.79 Å². The minimum absolute atomic E-state index is 0.0155. The van der Waals surface area contributed by atoms with E-state index in [-0.39, 0.29) is 11.8 Å². The van der Waals surface area contributed by atoms with Crippen LogP contribution in [0.25, 0.3) is 0 Å². The number of benzene rings is 1. The summed E-state index contributed by atoms with van der Waals surface area (Å²) in [7, 11) is 2.02. The molecule has 0 saturated heterocycles. The molecule has 1 aliphatic rings. The van der Waals surface area contributed by atoms with Crippen molar-refractivity contribution in [3.8, 4) is 0 Å². The summed E-state index contributed by atoms with van der Waals surface area (Å²) in [6.07, 6.45) is 5.33. The maximum Gasteiger partial charge on any atom is 0.227 e. The summed E-state index contributed by atoms with van der Waals surface area (Å²) in [5.41, 5.74) is 1.12. The molecule has 2 N–H and O–H groups in total. The van der Waals surface area contributed by atoms with Gasteiger partial charge in [-0.15, -0.1) is 0 Å². The third-order valence-electron chi connectivity index (χ3n) is 4.41. The van der Waals surface area contributed by atoms with Crippen molar-refractivity contribution in [3.63, 3.8) is 0 Å². The molecule has 3 heteroatoms. The normalized spacial score (nSPS) is 24.1. The first-order chi connectivity index (χ1) is 9.74. The van der Waals surface area contributed by atoms with Gasteiger partial charge in [-0.1, -0.05) is 37.3 Å². The highest BCUT2D eigenvalue weighted by Crippen LogP contribution is 2.22. The van der Waals surface area contributed by atoms with E-state index in [0.717, 1.165) is 37.7 Å². The van der Waals surface area contributed by atoms with Gasteiger partial charge in [0.25, 0.3) is 0 Å². The maximum atomic E-state index is 12.5. The topological polar surface area (TPSA) is 41.1 Å². The largest absolute Gasteiger partial charge is 0.353 e. The fraction of sp³-hybridized carbons (Fsp3) is 0.588. The lowest BCUT2D eigenvalue weighted by molar-refractivity contribution is -0.123. The zero-order valence-corrected chi connectivity index (χ0v) is 12.6. The summed E-state index contributed by atoms with van der Waals surface area (Å²) in [5.74, 6) is 0.171. The molecule has 1 saturated carbocycles. The summed E-state index contributed by atoms with van der Waals surface area (Å²) in [6.45, 7) is 2.08. The summed E-state index contributed by atoms with van der Waals surface area (Å²) < 4.78 is 0.